The number of hydrogen-bond donors (Lipinski definition) is 3. The molecular weight excluding hydrogens is 420 g/mol. The minimum Gasteiger partial charge on any atom is -0.364 e. The van der Waals surface area contributed by atoms with Gasteiger partial charge in [0.2, 0.25) is 0 Å². The second-order valence-electron chi connectivity index (χ2n) is 6.46. The van der Waals surface area contributed by atoms with Gasteiger partial charge in [0.15, 0.2) is 11.3 Å². The zero-order chi connectivity index (χ0) is 22.0. The van der Waals surface area contributed by atoms with Crippen LogP contribution in [-0.2, 0) is 0 Å². The minimum atomic E-state index is -0.775. The second kappa shape index (κ2) is 8.25. The number of nitrogens with one attached hydrogen (secondary N) is 2. The van der Waals surface area contributed by atoms with Gasteiger partial charge in [0.25, 0.3) is 17.7 Å². The summed E-state index contributed by atoms with van der Waals surface area (Å²) in [6.45, 7) is 0. The first-order valence-electron chi connectivity index (χ1n) is 9.03. The first-order chi connectivity index (χ1) is 14.9. The fourth-order valence-corrected chi connectivity index (χ4v) is 3.05. The van der Waals surface area contributed by atoms with Crippen molar-refractivity contribution in [3.8, 4) is 11.3 Å². The Morgan fingerprint density at radius 3 is 2.29 bits per heavy atom. The topological polar surface area (TPSA) is 131 Å². The van der Waals surface area contributed by atoms with Gasteiger partial charge in [-0.1, -0.05) is 41.9 Å². The summed E-state index contributed by atoms with van der Waals surface area (Å²) in [4.78, 5) is 45.3. The SMILES string of the molecule is NC(=O)c1ncn2c(C(=O)NNC(=O)c3ccc(Cl)cc3)cc(-c3ccccc3)nc12. The van der Waals surface area contributed by atoms with E-state index in [-0.39, 0.29) is 17.0 Å². The van der Waals surface area contributed by atoms with E-state index in [1.54, 1.807) is 12.1 Å². The summed E-state index contributed by atoms with van der Waals surface area (Å²) in [6, 6.07) is 16.8. The predicted octanol–water partition coefficient (Wildman–Crippen LogP) is 2.22. The Morgan fingerprint density at radius 2 is 1.61 bits per heavy atom. The van der Waals surface area contributed by atoms with E-state index in [2.05, 4.69) is 20.8 Å². The van der Waals surface area contributed by atoms with Crippen molar-refractivity contribution in [2.45, 2.75) is 0 Å². The molecule has 0 fully saturated rings. The van der Waals surface area contributed by atoms with Crippen molar-refractivity contribution in [1.82, 2.24) is 25.2 Å². The van der Waals surface area contributed by atoms with Crippen LogP contribution in [-0.4, -0.2) is 32.1 Å². The van der Waals surface area contributed by atoms with Gasteiger partial charge in [0.05, 0.1) is 5.69 Å². The lowest BCUT2D eigenvalue weighted by Crippen LogP contribution is -2.42. The van der Waals surface area contributed by atoms with Crippen molar-refractivity contribution >= 4 is 35.0 Å². The first kappa shape index (κ1) is 20.0. The maximum Gasteiger partial charge on any atom is 0.286 e. The number of rotatable bonds is 4. The van der Waals surface area contributed by atoms with Crippen molar-refractivity contribution < 1.29 is 14.4 Å². The van der Waals surface area contributed by atoms with Crippen LogP contribution in [0.15, 0.2) is 67.0 Å². The van der Waals surface area contributed by atoms with Gasteiger partial charge in [-0.3, -0.25) is 29.6 Å². The van der Waals surface area contributed by atoms with Crippen LogP contribution in [0.1, 0.15) is 31.3 Å². The number of aromatic nitrogens is 3. The van der Waals surface area contributed by atoms with E-state index in [1.165, 1.54) is 28.9 Å². The summed E-state index contributed by atoms with van der Waals surface area (Å²) in [6.07, 6.45) is 1.27. The molecule has 154 valence electrons. The third kappa shape index (κ3) is 4.07. The zero-order valence-corrected chi connectivity index (χ0v) is 16.6. The molecule has 0 aliphatic rings. The number of benzene rings is 2. The highest BCUT2D eigenvalue weighted by molar-refractivity contribution is 6.30. The number of nitrogens with two attached hydrogens (primary N) is 1. The van der Waals surface area contributed by atoms with Crippen molar-refractivity contribution in [2.75, 3.05) is 0 Å². The zero-order valence-electron chi connectivity index (χ0n) is 15.9. The van der Waals surface area contributed by atoms with Crippen LogP contribution in [0.25, 0.3) is 16.9 Å². The number of carbonyl (C=O) groups is 3. The van der Waals surface area contributed by atoms with Gasteiger partial charge in [-0.05, 0) is 30.3 Å². The lowest BCUT2D eigenvalue weighted by atomic mass is 10.1. The van der Waals surface area contributed by atoms with Crippen LogP contribution in [0.5, 0.6) is 0 Å². The molecular formula is C21H15ClN6O3. The molecule has 0 spiro atoms. The van der Waals surface area contributed by atoms with Gasteiger partial charge in [-0.15, -0.1) is 0 Å². The predicted molar refractivity (Wildman–Crippen MR) is 113 cm³/mol. The summed E-state index contributed by atoms with van der Waals surface area (Å²) in [5.41, 5.74) is 11.7. The molecule has 10 heteroatoms. The summed E-state index contributed by atoms with van der Waals surface area (Å²) >= 11 is 5.82. The highest BCUT2D eigenvalue weighted by Gasteiger charge is 2.20. The van der Waals surface area contributed by atoms with Crippen LogP contribution in [0, 0.1) is 0 Å². The molecule has 0 aliphatic heterocycles. The van der Waals surface area contributed by atoms with Crippen LogP contribution in [0.3, 0.4) is 0 Å². The molecule has 0 atom stereocenters. The van der Waals surface area contributed by atoms with E-state index in [0.717, 1.165) is 5.56 Å². The molecule has 31 heavy (non-hydrogen) atoms. The molecule has 0 bridgehead atoms. The van der Waals surface area contributed by atoms with Crippen molar-refractivity contribution in [3.05, 3.63) is 89.0 Å². The maximum atomic E-state index is 12.9. The van der Waals surface area contributed by atoms with Gasteiger partial charge in [0, 0.05) is 16.1 Å². The van der Waals surface area contributed by atoms with E-state index in [0.29, 0.717) is 16.3 Å². The van der Waals surface area contributed by atoms with Gasteiger partial charge >= 0.3 is 0 Å². The fourth-order valence-electron chi connectivity index (χ4n) is 2.93. The Morgan fingerprint density at radius 1 is 0.935 bits per heavy atom. The Labute approximate surface area is 180 Å². The number of imidazole rings is 1. The van der Waals surface area contributed by atoms with Gasteiger partial charge in [0.1, 0.15) is 12.0 Å². The molecule has 0 aliphatic carbocycles. The van der Waals surface area contributed by atoms with Crippen LogP contribution >= 0.6 is 11.6 Å². The average Bonchev–Trinajstić information content (AvgIpc) is 3.22. The Balaban J connectivity index is 1.68. The normalized spacial score (nSPS) is 10.6. The number of nitrogens with zero attached hydrogens (tertiary/aromatic N) is 3. The number of fused-ring (bicyclic) bond motifs is 1. The summed E-state index contributed by atoms with van der Waals surface area (Å²) in [7, 11) is 0. The fraction of sp³-hybridized carbons (Fsp3) is 0. The molecule has 9 nitrogen and oxygen atoms in total. The van der Waals surface area contributed by atoms with Crippen molar-refractivity contribution in [1.29, 1.82) is 0 Å². The summed E-state index contributed by atoms with van der Waals surface area (Å²) < 4.78 is 1.33. The second-order valence-corrected chi connectivity index (χ2v) is 6.90. The molecule has 0 radical (unpaired) electrons. The molecule has 0 saturated heterocycles. The minimum absolute atomic E-state index is 0.0722. The number of hydrogen-bond acceptors (Lipinski definition) is 5. The highest BCUT2D eigenvalue weighted by atomic mass is 35.5. The highest BCUT2D eigenvalue weighted by Crippen LogP contribution is 2.21. The van der Waals surface area contributed by atoms with Gasteiger partial charge < -0.3 is 5.73 Å². The van der Waals surface area contributed by atoms with E-state index < -0.39 is 17.7 Å². The van der Waals surface area contributed by atoms with E-state index in [4.69, 9.17) is 17.3 Å². The molecule has 2 aromatic heterocycles. The lowest BCUT2D eigenvalue weighted by molar-refractivity contribution is 0.0843. The molecule has 0 saturated carbocycles. The molecule has 4 aromatic rings. The third-order valence-corrected chi connectivity index (χ3v) is 4.69. The van der Waals surface area contributed by atoms with E-state index in [9.17, 15) is 14.4 Å². The van der Waals surface area contributed by atoms with Gasteiger partial charge in [-0.25, -0.2) is 9.97 Å². The number of amides is 3. The number of halogens is 1. The van der Waals surface area contributed by atoms with Crippen molar-refractivity contribution in [2.24, 2.45) is 5.73 Å². The van der Waals surface area contributed by atoms with Crippen LogP contribution in [0.2, 0.25) is 5.02 Å². The Hall–Kier alpha value is -4.24. The molecule has 0 unspecified atom stereocenters. The number of primary amides is 1. The smallest absolute Gasteiger partial charge is 0.286 e. The molecule has 4 rings (SSSR count). The first-order valence-corrected chi connectivity index (χ1v) is 9.41. The molecule has 3 amide bonds. The number of hydrazine groups is 1. The molecule has 2 heterocycles. The van der Waals surface area contributed by atoms with Crippen molar-refractivity contribution in [3.63, 3.8) is 0 Å². The summed E-state index contributed by atoms with van der Waals surface area (Å²) in [5, 5.41) is 0.485. The average molecular weight is 435 g/mol. The Kier molecular flexibility index (Phi) is 5.33. The quantitative estimate of drug-likeness (QED) is 0.424. The van der Waals surface area contributed by atoms with E-state index >= 15 is 0 Å². The standard InChI is InChI=1S/C21H15ClN6O3/c22-14-8-6-13(7-9-14)20(30)26-27-21(31)16-10-15(12-4-2-1-3-5-12)25-19-17(18(23)29)24-11-28(16)19/h1-11H,(H2,23,29)(H,26,30)(H,27,31). The number of carbonyl (C=O) groups excluding carboxylic acids is 3. The van der Waals surface area contributed by atoms with Gasteiger partial charge in [-0.2, -0.15) is 0 Å². The summed E-state index contributed by atoms with van der Waals surface area (Å²) in [5.74, 6) is -1.94. The molecule has 4 N–H and O–H groups in total. The lowest BCUT2D eigenvalue weighted by Gasteiger charge is -2.11. The van der Waals surface area contributed by atoms with E-state index in [1.807, 2.05) is 30.3 Å². The maximum absolute atomic E-state index is 12.9. The monoisotopic (exact) mass is 434 g/mol. The molecule has 2 aromatic carbocycles. The Bertz CT molecular complexity index is 1300. The largest absolute Gasteiger partial charge is 0.364 e. The van der Waals surface area contributed by atoms with Crippen LogP contribution < -0.4 is 16.6 Å². The van der Waals surface area contributed by atoms with Crippen LogP contribution in [0.4, 0.5) is 0 Å². The third-order valence-electron chi connectivity index (χ3n) is 4.43.